The van der Waals surface area contributed by atoms with E-state index in [2.05, 4.69) is 33.4 Å². The number of piperazine rings is 1. The number of hydrogen-bond acceptors (Lipinski definition) is 6. The van der Waals surface area contributed by atoms with Gasteiger partial charge in [-0.05, 0) is 42.5 Å². The van der Waals surface area contributed by atoms with Gasteiger partial charge in [0.2, 0.25) is 0 Å². The average molecular weight is 391 g/mol. The van der Waals surface area contributed by atoms with Crippen molar-refractivity contribution in [2.24, 2.45) is 0 Å². The van der Waals surface area contributed by atoms with Crippen molar-refractivity contribution < 1.29 is 14.9 Å². The standard InChI is InChI=1S/C21H30N2O3S/c1-2-26-21-6-5-17(12-18(21)16-25)13-22-8-9-23(19(14-22)7-10-24)15-20-4-3-11-27-20/h3-6,11-12,19,24-25H,2,7-10,13-16H2,1H3. The molecular formula is C21H30N2O3S. The van der Waals surface area contributed by atoms with Crippen LogP contribution < -0.4 is 4.74 Å². The van der Waals surface area contributed by atoms with E-state index in [1.54, 1.807) is 11.3 Å². The van der Waals surface area contributed by atoms with Crippen LogP contribution in [-0.4, -0.2) is 58.9 Å². The van der Waals surface area contributed by atoms with Crippen molar-refractivity contribution >= 4 is 11.3 Å². The number of hydrogen-bond donors (Lipinski definition) is 2. The van der Waals surface area contributed by atoms with Crippen LogP contribution in [0, 0.1) is 0 Å². The van der Waals surface area contributed by atoms with Crippen LogP contribution in [0.4, 0.5) is 0 Å². The molecule has 1 unspecified atom stereocenters. The van der Waals surface area contributed by atoms with Gasteiger partial charge in [0.25, 0.3) is 0 Å². The minimum Gasteiger partial charge on any atom is -0.494 e. The maximum Gasteiger partial charge on any atom is 0.124 e. The normalized spacial score (nSPS) is 18.7. The van der Waals surface area contributed by atoms with Crippen LogP contribution in [0.15, 0.2) is 35.7 Å². The highest BCUT2D eigenvalue weighted by atomic mass is 32.1. The van der Waals surface area contributed by atoms with E-state index < -0.39 is 0 Å². The molecule has 0 amide bonds. The molecule has 0 bridgehead atoms. The molecule has 1 aromatic carbocycles. The maximum absolute atomic E-state index is 9.62. The third-order valence-electron chi connectivity index (χ3n) is 5.09. The summed E-state index contributed by atoms with van der Waals surface area (Å²) < 4.78 is 5.58. The van der Waals surface area contributed by atoms with Crippen LogP contribution in [0.3, 0.4) is 0 Å². The molecule has 1 saturated heterocycles. The Balaban J connectivity index is 1.63. The van der Waals surface area contributed by atoms with E-state index in [9.17, 15) is 10.2 Å². The molecule has 1 aliphatic heterocycles. The van der Waals surface area contributed by atoms with Crippen molar-refractivity contribution in [1.29, 1.82) is 0 Å². The fraction of sp³-hybridized carbons (Fsp3) is 0.524. The first-order valence-corrected chi connectivity index (χ1v) is 10.6. The first-order chi connectivity index (χ1) is 13.2. The summed E-state index contributed by atoms with van der Waals surface area (Å²) in [5.41, 5.74) is 2.04. The molecule has 2 aromatic rings. The van der Waals surface area contributed by atoms with E-state index in [1.165, 1.54) is 10.4 Å². The topological polar surface area (TPSA) is 56.2 Å². The number of rotatable bonds is 9. The Morgan fingerprint density at radius 2 is 2.07 bits per heavy atom. The minimum atomic E-state index is -0.00903. The first kappa shape index (κ1) is 20.3. The Kier molecular flexibility index (Phi) is 7.67. The second-order valence-electron chi connectivity index (χ2n) is 6.98. The van der Waals surface area contributed by atoms with E-state index >= 15 is 0 Å². The van der Waals surface area contributed by atoms with E-state index in [4.69, 9.17) is 4.74 Å². The summed E-state index contributed by atoms with van der Waals surface area (Å²) in [5, 5.41) is 21.2. The summed E-state index contributed by atoms with van der Waals surface area (Å²) in [7, 11) is 0. The molecule has 2 heterocycles. The average Bonchev–Trinajstić information content (AvgIpc) is 3.18. The van der Waals surface area contributed by atoms with Crippen molar-refractivity contribution in [3.63, 3.8) is 0 Å². The van der Waals surface area contributed by atoms with E-state index in [0.29, 0.717) is 12.6 Å². The highest BCUT2D eigenvalue weighted by Crippen LogP contribution is 2.23. The predicted octanol–water partition coefficient (Wildman–Crippen LogP) is 2.71. The molecule has 1 aliphatic rings. The number of aliphatic hydroxyl groups is 2. The number of thiophene rings is 1. The fourth-order valence-electron chi connectivity index (χ4n) is 3.74. The molecule has 0 aliphatic carbocycles. The lowest BCUT2D eigenvalue weighted by molar-refractivity contribution is 0.0506. The molecule has 0 radical (unpaired) electrons. The second-order valence-corrected chi connectivity index (χ2v) is 8.02. The largest absolute Gasteiger partial charge is 0.494 e. The molecule has 0 saturated carbocycles. The molecule has 5 nitrogen and oxygen atoms in total. The Bertz CT molecular complexity index is 693. The van der Waals surface area contributed by atoms with Crippen LogP contribution in [0.1, 0.15) is 29.3 Å². The molecule has 27 heavy (non-hydrogen) atoms. The maximum atomic E-state index is 9.62. The molecule has 2 N–H and O–H groups in total. The molecule has 1 atom stereocenters. The van der Waals surface area contributed by atoms with Gasteiger partial charge in [-0.15, -0.1) is 11.3 Å². The summed E-state index contributed by atoms with van der Waals surface area (Å²) in [6.45, 7) is 7.55. The van der Waals surface area contributed by atoms with Gasteiger partial charge >= 0.3 is 0 Å². The van der Waals surface area contributed by atoms with Crippen LogP contribution in [0.5, 0.6) is 5.75 Å². The van der Waals surface area contributed by atoms with Crippen LogP contribution in [0.2, 0.25) is 0 Å². The van der Waals surface area contributed by atoms with Crippen molar-refractivity contribution in [3.8, 4) is 5.75 Å². The second kappa shape index (κ2) is 10.2. The first-order valence-electron chi connectivity index (χ1n) is 9.68. The van der Waals surface area contributed by atoms with E-state index in [0.717, 1.165) is 50.5 Å². The Morgan fingerprint density at radius 3 is 2.78 bits per heavy atom. The van der Waals surface area contributed by atoms with Gasteiger partial charge in [0.05, 0.1) is 13.2 Å². The monoisotopic (exact) mass is 390 g/mol. The summed E-state index contributed by atoms with van der Waals surface area (Å²) in [4.78, 5) is 6.32. The van der Waals surface area contributed by atoms with Gasteiger partial charge in [0, 0.05) is 55.8 Å². The molecular weight excluding hydrogens is 360 g/mol. The molecule has 0 spiro atoms. The molecule has 1 fully saturated rings. The van der Waals surface area contributed by atoms with Crippen molar-refractivity contribution in [1.82, 2.24) is 9.80 Å². The fourth-order valence-corrected chi connectivity index (χ4v) is 4.47. The third-order valence-corrected chi connectivity index (χ3v) is 5.95. The molecule has 148 valence electrons. The van der Waals surface area contributed by atoms with Gasteiger partial charge in [-0.1, -0.05) is 12.1 Å². The lowest BCUT2D eigenvalue weighted by Crippen LogP contribution is -2.52. The van der Waals surface area contributed by atoms with Crippen LogP contribution >= 0.6 is 11.3 Å². The zero-order chi connectivity index (χ0) is 19.1. The summed E-state index contributed by atoms with van der Waals surface area (Å²) in [6, 6.07) is 10.7. The summed E-state index contributed by atoms with van der Waals surface area (Å²) in [5.74, 6) is 0.766. The van der Waals surface area contributed by atoms with Crippen LogP contribution in [0.25, 0.3) is 0 Å². The number of ether oxygens (including phenoxy) is 1. The zero-order valence-electron chi connectivity index (χ0n) is 16.0. The Labute approximate surface area is 165 Å². The smallest absolute Gasteiger partial charge is 0.124 e. The highest BCUT2D eigenvalue weighted by molar-refractivity contribution is 7.09. The number of benzene rings is 1. The summed E-state index contributed by atoms with van der Waals surface area (Å²) in [6.07, 6.45) is 0.799. The zero-order valence-corrected chi connectivity index (χ0v) is 16.8. The SMILES string of the molecule is CCOc1ccc(CN2CCN(Cc3cccs3)C(CCO)C2)cc1CO. The van der Waals surface area contributed by atoms with Crippen molar-refractivity contribution in [2.75, 3.05) is 32.8 Å². The van der Waals surface area contributed by atoms with Crippen molar-refractivity contribution in [2.45, 2.75) is 39.1 Å². The van der Waals surface area contributed by atoms with Gasteiger partial charge < -0.3 is 14.9 Å². The van der Waals surface area contributed by atoms with E-state index in [-0.39, 0.29) is 13.2 Å². The van der Waals surface area contributed by atoms with Gasteiger partial charge in [0.1, 0.15) is 5.75 Å². The van der Waals surface area contributed by atoms with Crippen LogP contribution in [-0.2, 0) is 19.7 Å². The predicted molar refractivity (Wildman–Crippen MR) is 109 cm³/mol. The van der Waals surface area contributed by atoms with Crippen molar-refractivity contribution in [3.05, 3.63) is 51.7 Å². The van der Waals surface area contributed by atoms with Gasteiger partial charge in [-0.25, -0.2) is 0 Å². The Hall–Kier alpha value is -1.44. The van der Waals surface area contributed by atoms with Gasteiger partial charge in [-0.2, -0.15) is 0 Å². The summed E-state index contributed by atoms with van der Waals surface area (Å²) >= 11 is 1.80. The highest BCUT2D eigenvalue weighted by Gasteiger charge is 2.27. The quantitative estimate of drug-likeness (QED) is 0.690. The minimum absolute atomic E-state index is 0.00903. The lowest BCUT2D eigenvalue weighted by Gasteiger charge is -2.41. The molecule has 3 rings (SSSR count). The van der Waals surface area contributed by atoms with E-state index in [1.807, 2.05) is 19.1 Å². The van der Waals surface area contributed by atoms with Gasteiger partial charge in [0.15, 0.2) is 0 Å². The molecule has 1 aromatic heterocycles. The Morgan fingerprint density at radius 1 is 1.19 bits per heavy atom. The third kappa shape index (κ3) is 5.53. The number of nitrogens with zero attached hydrogens (tertiary/aromatic N) is 2. The lowest BCUT2D eigenvalue weighted by atomic mass is 10.1. The van der Waals surface area contributed by atoms with Gasteiger partial charge in [-0.3, -0.25) is 9.80 Å². The number of aliphatic hydroxyl groups excluding tert-OH is 2. The molecule has 6 heteroatoms.